The summed E-state index contributed by atoms with van der Waals surface area (Å²) in [5.41, 5.74) is 1.05. The van der Waals surface area contributed by atoms with Gasteiger partial charge in [0.1, 0.15) is 5.82 Å². The van der Waals surface area contributed by atoms with Crippen molar-refractivity contribution in [2.75, 3.05) is 18.0 Å². The highest BCUT2D eigenvalue weighted by molar-refractivity contribution is 5.49. The molecule has 1 aromatic carbocycles. The lowest BCUT2D eigenvalue weighted by Gasteiger charge is -2.26. The van der Waals surface area contributed by atoms with Crippen LogP contribution in [0.3, 0.4) is 0 Å². The minimum Gasteiger partial charge on any atom is -0.389 e. The topological polar surface area (TPSA) is 47.3 Å². The summed E-state index contributed by atoms with van der Waals surface area (Å²) in [6.07, 6.45) is -0.314. The summed E-state index contributed by atoms with van der Waals surface area (Å²) in [4.78, 5) is 1.88. The smallest absolute Gasteiger partial charge is 0.146 e. The van der Waals surface area contributed by atoms with Gasteiger partial charge in [-0.2, -0.15) is 5.26 Å². The maximum atomic E-state index is 14.1. The van der Waals surface area contributed by atoms with Gasteiger partial charge in [0, 0.05) is 13.1 Å². The van der Waals surface area contributed by atoms with Crippen molar-refractivity contribution in [2.24, 2.45) is 5.92 Å². The molecule has 0 aliphatic heterocycles. The minimum atomic E-state index is -0.679. The molecule has 1 rings (SSSR count). The van der Waals surface area contributed by atoms with Gasteiger partial charge in [0.2, 0.25) is 0 Å². The van der Waals surface area contributed by atoms with Gasteiger partial charge in [-0.05, 0) is 30.5 Å². The molecule has 1 aromatic rings. The monoisotopic (exact) mass is 264 g/mol. The molecule has 0 spiro atoms. The van der Waals surface area contributed by atoms with Crippen LogP contribution in [-0.2, 0) is 0 Å². The van der Waals surface area contributed by atoms with Crippen LogP contribution in [0.25, 0.3) is 0 Å². The van der Waals surface area contributed by atoms with Gasteiger partial charge in [-0.3, -0.25) is 0 Å². The molecular formula is C15H21FN2O. The number of anilines is 1. The second-order valence-corrected chi connectivity index (χ2v) is 5.13. The first-order chi connectivity index (χ1) is 8.95. The molecule has 0 saturated heterocycles. The molecule has 0 aliphatic rings. The normalized spacial score (nSPS) is 12.3. The predicted octanol–water partition coefficient (Wildman–Crippen LogP) is 3.26. The Morgan fingerprint density at radius 1 is 1.37 bits per heavy atom. The van der Waals surface area contributed by atoms with Gasteiger partial charge < -0.3 is 10.0 Å². The van der Waals surface area contributed by atoms with Gasteiger partial charge in [0.15, 0.2) is 0 Å². The van der Waals surface area contributed by atoms with Crippen LogP contribution in [-0.4, -0.2) is 18.2 Å². The van der Waals surface area contributed by atoms with Crippen molar-refractivity contribution in [1.82, 2.24) is 0 Å². The molecule has 0 fully saturated rings. The van der Waals surface area contributed by atoms with E-state index in [9.17, 15) is 9.50 Å². The van der Waals surface area contributed by atoms with Crippen molar-refractivity contribution in [3.63, 3.8) is 0 Å². The van der Waals surface area contributed by atoms with E-state index in [1.807, 2.05) is 4.90 Å². The van der Waals surface area contributed by atoms with E-state index >= 15 is 0 Å². The van der Waals surface area contributed by atoms with Crippen LogP contribution in [0.1, 0.15) is 38.9 Å². The van der Waals surface area contributed by atoms with E-state index in [2.05, 4.69) is 19.9 Å². The summed E-state index contributed by atoms with van der Waals surface area (Å²) in [5.74, 6) is 0.0338. The Hall–Kier alpha value is -1.60. The Balaban J connectivity index is 2.98. The van der Waals surface area contributed by atoms with Crippen molar-refractivity contribution >= 4 is 5.69 Å². The zero-order valence-electron chi connectivity index (χ0n) is 11.7. The Morgan fingerprint density at radius 2 is 2.05 bits per heavy atom. The maximum absolute atomic E-state index is 14.1. The lowest BCUT2D eigenvalue weighted by atomic mass is 10.1. The number of aliphatic hydroxyl groups is 1. The SMILES string of the molecule is CC(C)CN(CCC#N)c1ccc(C(C)O)cc1F. The van der Waals surface area contributed by atoms with E-state index in [0.717, 1.165) is 0 Å². The number of benzene rings is 1. The molecule has 19 heavy (non-hydrogen) atoms. The summed E-state index contributed by atoms with van der Waals surface area (Å²) in [6.45, 7) is 6.94. The van der Waals surface area contributed by atoms with Crippen molar-refractivity contribution < 1.29 is 9.50 Å². The number of aliphatic hydroxyl groups excluding tert-OH is 1. The fraction of sp³-hybridized carbons (Fsp3) is 0.533. The second kappa shape index (κ2) is 7.10. The number of halogens is 1. The quantitative estimate of drug-likeness (QED) is 0.858. The molecule has 1 N–H and O–H groups in total. The largest absolute Gasteiger partial charge is 0.389 e. The molecule has 0 radical (unpaired) electrons. The molecule has 1 atom stereocenters. The zero-order chi connectivity index (χ0) is 14.4. The molecule has 0 heterocycles. The molecule has 4 heteroatoms. The molecular weight excluding hydrogens is 243 g/mol. The molecule has 0 aromatic heterocycles. The summed E-state index contributed by atoms with van der Waals surface area (Å²) < 4.78 is 14.1. The summed E-state index contributed by atoms with van der Waals surface area (Å²) in [7, 11) is 0. The molecule has 104 valence electrons. The van der Waals surface area contributed by atoms with Crippen LogP contribution >= 0.6 is 0 Å². The van der Waals surface area contributed by atoms with Gasteiger partial charge in [-0.25, -0.2) is 4.39 Å². The fourth-order valence-corrected chi connectivity index (χ4v) is 1.98. The highest BCUT2D eigenvalue weighted by Crippen LogP contribution is 2.24. The van der Waals surface area contributed by atoms with Gasteiger partial charge in [-0.15, -0.1) is 0 Å². The van der Waals surface area contributed by atoms with E-state index in [1.54, 1.807) is 19.1 Å². The van der Waals surface area contributed by atoms with E-state index in [-0.39, 0.29) is 5.82 Å². The summed E-state index contributed by atoms with van der Waals surface area (Å²) >= 11 is 0. The second-order valence-electron chi connectivity index (χ2n) is 5.13. The first-order valence-electron chi connectivity index (χ1n) is 6.55. The maximum Gasteiger partial charge on any atom is 0.146 e. The van der Waals surface area contributed by atoms with E-state index < -0.39 is 6.10 Å². The van der Waals surface area contributed by atoms with Crippen molar-refractivity contribution in [3.8, 4) is 6.07 Å². The highest BCUT2D eigenvalue weighted by atomic mass is 19.1. The van der Waals surface area contributed by atoms with Crippen LogP contribution in [0.15, 0.2) is 18.2 Å². The van der Waals surface area contributed by atoms with Crippen LogP contribution in [0.4, 0.5) is 10.1 Å². The first-order valence-corrected chi connectivity index (χ1v) is 6.55. The van der Waals surface area contributed by atoms with Crippen LogP contribution in [0.2, 0.25) is 0 Å². The summed E-state index contributed by atoms with van der Waals surface area (Å²) in [5, 5.41) is 18.1. The van der Waals surface area contributed by atoms with Crippen LogP contribution in [0, 0.1) is 23.1 Å². The Bertz CT molecular complexity index is 452. The first kappa shape index (κ1) is 15.5. The third-order valence-electron chi connectivity index (χ3n) is 2.87. The van der Waals surface area contributed by atoms with Crippen LogP contribution < -0.4 is 4.90 Å². The van der Waals surface area contributed by atoms with Crippen molar-refractivity contribution in [3.05, 3.63) is 29.6 Å². The highest BCUT2D eigenvalue weighted by Gasteiger charge is 2.14. The van der Waals surface area contributed by atoms with E-state index in [0.29, 0.717) is 36.7 Å². The van der Waals surface area contributed by atoms with E-state index in [4.69, 9.17) is 5.26 Å². The van der Waals surface area contributed by atoms with E-state index in [1.165, 1.54) is 6.07 Å². The lowest BCUT2D eigenvalue weighted by molar-refractivity contribution is 0.199. The third kappa shape index (κ3) is 4.53. The number of hydrogen-bond donors (Lipinski definition) is 1. The standard InChI is InChI=1S/C15H21FN2O/c1-11(2)10-18(8-4-7-17)15-6-5-13(12(3)19)9-14(15)16/h5-6,9,11-12,19H,4,8,10H2,1-3H3. The number of nitriles is 1. The lowest BCUT2D eigenvalue weighted by Crippen LogP contribution is -2.29. The summed E-state index contributed by atoms with van der Waals surface area (Å²) in [6, 6.07) is 6.85. The third-order valence-corrected chi connectivity index (χ3v) is 2.87. The fourth-order valence-electron chi connectivity index (χ4n) is 1.98. The molecule has 0 aliphatic carbocycles. The molecule has 3 nitrogen and oxygen atoms in total. The van der Waals surface area contributed by atoms with Gasteiger partial charge in [0.25, 0.3) is 0 Å². The predicted molar refractivity (Wildman–Crippen MR) is 74.3 cm³/mol. The number of nitrogens with zero attached hydrogens (tertiary/aromatic N) is 2. The average Bonchev–Trinajstić information content (AvgIpc) is 2.34. The molecule has 0 bridgehead atoms. The average molecular weight is 264 g/mol. The number of hydrogen-bond acceptors (Lipinski definition) is 3. The minimum absolute atomic E-state index is 0.350. The van der Waals surface area contributed by atoms with Crippen molar-refractivity contribution in [1.29, 1.82) is 5.26 Å². The Morgan fingerprint density at radius 3 is 2.53 bits per heavy atom. The Kier molecular flexibility index (Phi) is 5.78. The number of rotatable bonds is 6. The molecule has 0 saturated carbocycles. The van der Waals surface area contributed by atoms with Crippen LogP contribution in [0.5, 0.6) is 0 Å². The Labute approximate surface area is 114 Å². The van der Waals surface area contributed by atoms with Gasteiger partial charge >= 0.3 is 0 Å². The van der Waals surface area contributed by atoms with Gasteiger partial charge in [0.05, 0.1) is 24.3 Å². The zero-order valence-corrected chi connectivity index (χ0v) is 11.7. The van der Waals surface area contributed by atoms with Crippen molar-refractivity contribution in [2.45, 2.75) is 33.3 Å². The molecule has 1 unspecified atom stereocenters. The van der Waals surface area contributed by atoms with Gasteiger partial charge in [-0.1, -0.05) is 19.9 Å². The molecule has 0 amide bonds.